The van der Waals surface area contributed by atoms with Gasteiger partial charge < -0.3 is 48.4 Å². The molecule has 2 rings (SSSR count). The van der Waals surface area contributed by atoms with Crippen molar-refractivity contribution in [3.05, 3.63) is 60.2 Å². The van der Waals surface area contributed by atoms with Crippen molar-refractivity contribution in [1.82, 2.24) is 9.97 Å². The smallest absolute Gasteiger partial charge is 1.00 e. The molecule has 0 amide bonds. The van der Waals surface area contributed by atoms with Crippen LogP contribution in [-0.4, -0.2) is 41.9 Å². The molecular formula is C20H34Cl2N2O7P2Pt. The SMILES string of the molecule is CCOP(=O)(Cc1ccccn1)OCC.CCOP(=O)(Cc1ccccn1)OCC.O.[Cl-].[Cl-].[Pt+2]. The molecule has 14 heteroatoms. The summed E-state index contributed by atoms with van der Waals surface area (Å²) in [6, 6.07) is 11.0. The minimum absolute atomic E-state index is 0. The van der Waals surface area contributed by atoms with Gasteiger partial charge in [-0.1, -0.05) is 12.1 Å². The first-order valence-corrected chi connectivity index (χ1v) is 13.4. The third-order valence-corrected chi connectivity index (χ3v) is 7.50. The third kappa shape index (κ3) is 17.3. The van der Waals surface area contributed by atoms with E-state index in [1.165, 1.54) is 0 Å². The molecule has 0 fully saturated rings. The van der Waals surface area contributed by atoms with Gasteiger partial charge in [0.25, 0.3) is 0 Å². The average Bonchev–Trinajstić information content (AvgIpc) is 2.70. The molecule has 0 bridgehead atoms. The molecule has 0 saturated heterocycles. The fraction of sp³-hybridized carbons (Fsp3) is 0.500. The summed E-state index contributed by atoms with van der Waals surface area (Å²) in [6.07, 6.45) is 3.79. The Hall–Kier alpha value is -0.172. The predicted molar refractivity (Wildman–Crippen MR) is 121 cm³/mol. The number of rotatable bonds is 12. The molecule has 0 aliphatic carbocycles. The summed E-state index contributed by atoms with van der Waals surface area (Å²) < 4.78 is 44.9. The Labute approximate surface area is 229 Å². The van der Waals surface area contributed by atoms with Gasteiger partial charge in [0.05, 0.1) is 50.1 Å². The monoisotopic (exact) mass is 741 g/mol. The van der Waals surface area contributed by atoms with Gasteiger partial charge in [0, 0.05) is 12.4 Å². The molecule has 0 unspecified atom stereocenters. The molecule has 0 aliphatic rings. The molecule has 2 N–H and O–H groups in total. The molecule has 0 spiro atoms. The van der Waals surface area contributed by atoms with Gasteiger partial charge >= 0.3 is 36.3 Å². The Balaban J connectivity index is -0.000000237. The van der Waals surface area contributed by atoms with E-state index in [0.29, 0.717) is 26.4 Å². The number of hydrogen-bond acceptors (Lipinski definition) is 8. The van der Waals surface area contributed by atoms with Gasteiger partial charge in [-0.25, -0.2) is 0 Å². The molecule has 0 aromatic carbocycles. The number of nitrogens with zero attached hydrogens (tertiary/aromatic N) is 2. The van der Waals surface area contributed by atoms with Gasteiger partial charge in [-0.2, -0.15) is 0 Å². The second kappa shape index (κ2) is 23.2. The molecule has 2 aromatic rings. The standard InChI is InChI=1S/2C10H16NO3P.2ClH.H2O.Pt/c2*1-3-13-15(12,14-4-2)9-10-7-5-6-8-11-10;;;;/h2*5-8H,3-4,9H2,1-2H3;2*1H;1H2;/q;;;;;+2/p-2. The number of hydrogen-bond donors (Lipinski definition) is 0. The van der Waals surface area contributed by atoms with Crippen LogP contribution < -0.4 is 24.8 Å². The first-order chi connectivity index (χ1) is 14.4. The maximum absolute atomic E-state index is 12.1. The van der Waals surface area contributed by atoms with E-state index in [1.54, 1.807) is 40.1 Å². The summed E-state index contributed by atoms with van der Waals surface area (Å²) in [5.41, 5.74) is 1.45. The van der Waals surface area contributed by atoms with Crippen LogP contribution >= 0.6 is 15.2 Å². The quantitative estimate of drug-likeness (QED) is 0.251. The molecule has 0 atom stereocenters. The molecule has 0 aliphatic heterocycles. The fourth-order valence-corrected chi connectivity index (χ4v) is 5.68. The van der Waals surface area contributed by atoms with Gasteiger partial charge in [0.15, 0.2) is 0 Å². The zero-order valence-corrected chi connectivity index (χ0v) is 25.2. The largest absolute Gasteiger partial charge is 2.00 e. The first-order valence-electron chi connectivity index (χ1n) is 9.96. The zero-order chi connectivity index (χ0) is 22.3. The van der Waals surface area contributed by atoms with Crippen LogP contribution in [0.5, 0.6) is 0 Å². The number of halogens is 2. The minimum Gasteiger partial charge on any atom is -1.00 e. The van der Waals surface area contributed by atoms with Crippen molar-refractivity contribution in [3.63, 3.8) is 0 Å². The number of pyridine rings is 2. The second-order valence-electron chi connectivity index (χ2n) is 5.85. The van der Waals surface area contributed by atoms with Crippen molar-refractivity contribution >= 4 is 15.2 Å². The average molecular weight is 742 g/mol. The van der Waals surface area contributed by atoms with E-state index in [0.717, 1.165) is 11.4 Å². The summed E-state index contributed by atoms with van der Waals surface area (Å²) in [7, 11) is -6.01. The van der Waals surface area contributed by atoms with Crippen LogP contribution in [0.1, 0.15) is 39.1 Å². The fourth-order valence-electron chi connectivity index (χ4n) is 2.42. The Bertz CT molecular complexity index is 725. The van der Waals surface area contributed by atoms with Gasteiger partial charge in [-0.15, -0.1) is 0 Å². The Morgan fingerprint density at radius 3 is 1.15 bits per heavy atom. The summed E-state index contributed by atoms with van der Waals surface area (Å²) in [4.78, 5) is 8.19. The minimum atomic E-state index is -3.00. The van der Waals surface area contributed by atoms with Crippen LogP contribution in [-0.2, 0) is 60.6 Å². The van der Waals surface area contributed by atoms with Crippen LogP contribution in [0, 0.1) is 0 Å². The maximum atomic E-state index is 12.1. The second-order valence-corrected chi connectivity index (χ2v) is 9.96. The molecule has 0 saturated carbocycles. The zero-order valence-electron chi connectivity index (χ0n) is 19.7. The molecule has 0 radical (unpaired) electrons. The molecule has 200 valence electrons. The van der Waals surface area contributed by atoms with Gasteiger partial charge in [-0.3, -0.25) is 19.1 Å². The summed E-state index contributed by atoms with van der Waals surface area (Å²) in [5.74, 6) is 0. The molecule has 2 aromatic heterocycles. The summed E-state index contributed by atoms with van der Waals surface area (Å²) in [6.45, 7) is 8.70. The van der Waals surface area contributed by atoms with E-state index in [1.807, 2.05) is 36.4 Å². The molecular weight excluding hydrogens is 708 g/mol. The Morgan fingerprint density at radius 2 is 0.941 bits per heavy atom. The summed E-state index contributed by atoms with van der Waals surface area (Å²) in [5, 5.41) is 0. The molecule has 2 heterocycles. The van der Waals surface area contributed by atoms with Crippen LogP contribution in [0.25, 0.3) is 0 Å². The van der Waals surface area contributed by atoms with E-state index < -0.39 is 15.2 Å². The van der Waals surface area contributed by atoms with Crippen molar-refractivity contribution in [2.45, 2.75) is 40.0 Å². The van der Waals surface area contributed by atoms with Crippen molar-refractivity contribution in [3.8, 4) is 0 Å². The van der Waals surface area contributed by atoms with Crippen molar-refractivity contribution < 1.29 is 78.6 Å². The van der Waals surface area contributed by atoms with E-state index in [2.05, 4.69) is 9.97 Å². The van der Waals surface area contributed by atoms with E-state index >= 15 is 0 Å². The Kier molecular flexibility index (Phi) is 28.0. The first kappa shape index (κ1) is 41.0. The van der Waals surface area contributed by atoms with Crippen molar-refractivity contribution in [2.24, 2.45) is 0 Å². The summed E-state index contributed by atoms with van der Waals surface area (Å²) >= 11 is 0. The topological polar surface area (TPSA) is 128 Å². The molecule has 9 nitrogen and oxygen atoms in total. The number of aromatic nitrogens is 2. The third-order valence-electron chi connectivity index (χ3n) is 3.47. The predicted octanol–water partition coefficient (Wildman–Crippen LogP) is -1.12. The van der Waals surface area contributed by atoms with E-state index in [9.17, 15) is 9.13 Å². The van der Waals surface area contributed by atoms with Crippen LogP contribution in [0.15, 0.2) is 48.8 Å². The van der Waals surface area contributed by atoms with Crippen LogP contribution in [0.4, 0.5) is 0 Å². The normalized spacial score (nSPS) is 10.2. The van der Waals surface area contributed by atoms with Crippen molar-refractivity contribution in [2.75, 3.05) is 26.4 Å². The van der Waals surface area contributed by atoms with Gasteiger partial charge in [-0.05, 0) is 52.0 Å². The van der Waals surface area contributed by atoms with Gasteiger partial charge in [0.2, 0.25) is 0 Å². The van der Waals surface area contributed by atoms with Crippen LogP contribution in [0.3, 0.4) is 0 Å². The molecule has 34 heavy (non-hydrogen) atoms. The van der Waals surface area contributed by atoms with Crippen molar-refractivity contribution in [1.29, 1.82) is 0 Å². The van der Waals surface area contributed by atoms with Crippen LogP contribution in [0.2, 0.25) is 0 Å². The van der Waals surface area contributed by atoms with E-state index in [-0.39, 0.29) is 63.7 Å². The van der Waals surface area contributed by atoms with E-state index in [4.69, 9.17) is 18.1 Å². The maximum Gasteiger partial charge on any atom is 2.00 e. The van der Waals surface area contributed by atoms with Gasteiger partial charge in [0.1, 0.15) is 0 Å². The Morgan fingerprint density at radius 1 is 0.647 bits per heavy atom.